The first-order valence-electron chi connectivity index (χ1n) is 6.41. The van der Waals surface area contributed by atoms with E-state index in [2.05, 4.69) is 10.3 Å². The van der Waals surface area contributed by atoms with E-state index < -0.39 is 27.9 Å². The van der Waals surface area contributed by atoms with Gasteiger partial charge in [-0.15, -0.1) is 11.3 Å². The Kier molecular flexibility index (Phi) is 5.89. The number of carbonyl (C=O) groups is 2. The number of rotatable bonds is 6. The van der Waals surface area contributed by atoms with Crippen LogP contribution >= 0.6 is 11.3 Å². The number of urea groups is 1. The van der Waals surface area contributed by atoms with Crippen LogP contribution in [-0.2, 0) is 21.2 Å². The number of aromatic nitrogens is 1. The summed E-state index contributed by atoms with van der Waals surface area (Å²) < 4.78 is 22.7. The highest BCUT2D eigenvalue weighted by Gasteiger charge is 2.25. The number of carboxylic acids is 1. The highest BCUT2D eigenvalue weighted by Crippen LogP contribution is 2.16. The summed E-state index contributed by atoms with van der Waals surface area (Å²) in [7, 11) is -1.89. The maximum Gasteiger partial charge on any atom is 0.326 e. The first kappa shape index (κ1) is 18.4. The molecule has 0 aliphatic rings. The summed E-state index contributed by atoms with van der Waals surface area (Å²) in [5.41, 5.74) is 0.430. The van der Waals surface area contributed by atoms with Crippen molar-refractivity contribution < 1.29 is 23.1 Å². The third-order valence-electron chi connectivity index (χ3n) is 2.81. The van der Waals surface area contributed by atoms with E-state index in [-0.39, 0.29) is 16.8 Å². The third kappa shape index (κ3) is 4.95. The van der Waals surface area contributed by atoms with E-state index in [9.17, 15) is 18.0 Å². The lowest BCUT2D eigenvalue weighted by Gasteiger charge is -2.22. The molecule has 0 saturated carbocycles. The molecule has 1 rings (SSSR count). The second kappa shape index (κ2) is 7.05. The number of hydrogen-bond donors (Lipinski definition) is 2. The zero-order valence-corrected chi connectivity index (χ0v) is 14.4. The van der Waals surface area contributed by atoms with Crippen molar-refractivity contribution in [1.82, 2.24) is 15.2 Å². The summed E-state index contributed by atoms with van der Waals surface area (Å²) in [6, 6.07) is -1.55. The van der Waals surface area contributed by atoms with Crippen LogP contribution in [0.3, 0.4) is 0 Å². The third-order valence-corrected chi connectivity index (χ3v) is 5.41. The van der Waals surface area contributed by atoms with Crippen molar-refractivity contribution in [3.05, 3.63) is 11.1 Å². The van der Waals surface area contributed by atoms with E-state index in [1.165, 1.54) is 11.9 Å². The van der Waals surface area contributed by atoms with Gasteiger partial charge < -0.3 is 15.3 Å². The molecule has 22 heavy (non-hydrogen) atoms. The second-order valence-corrected chi connectivity index (χ2v) is 8.29. The number of amides is 2. The fourth-order valence-electron chi connectivity index (χ4n) is 1.60. The molecule has 0 saturated heterocycles. The monoisotopic (exact) mass is 349 g/mol. The van der Waals surface area contributed by atoms with Gasteiger partial charge in [-0.1, -0.05) is 13.8 Å². The van der Waals surface area contributed by atoms with Gasteiger partial charge in [-0.2, -0.15) is 0 Å². The van der Waals surface area contributed by atoms with Crippen LogP contribution in [0.4, 0.5) is 4.79 Å². The quantitative estimate of drug-likeness (QED) is 0.784. The van der Waals surface area contributed by atoms with Crippen LogP contribution in [0, 0.1) is 5.92 Å². The summed E-state index contributed by atoms with van der Waals surface area (Å²) in [5, 5.41) is 13.0. The molecule has 0 aromatic carbocycles. The highest BCUT2D eigenvalue weighted by molar-refractivity contribution is 7.92. The van der Waals surface area contributed by atoms with Crippen LogP contribution < -0.4 is 5.32 Å². The van der Waals surface area contributed by atoms with Crippen LogP contribution in [0.25, 0.3) is 0 Å². The standard InChI is InChI=1S/C12H19N3O5S2/c1-7(2)9(10(16)17)14-11(18)15(3)5-8-6-21-12(13-8)22(4,19)20/h6-7,9H,5H2,1-4H3,(H,14,18)(H,16,17)/t9-/m0/s1. The fraction of sp³-hybridized carbons (Fsp3) is 0.583. The van der Waals surface area contributed by atoms with E-state index >= 15 is 0 Å². The molecule has 0 aliphatic heterocycles. The summed E-state index contributed by atoms with van der Waals surface area (Å²) >= 11 is 0.982. The smallest absolute Gasteiger partial charge is 0.326 e. The van der Waals surface area contributed by atoms with Gasteiger partial charge in [0.15, 0.2) is 0 Å². The lowest BCUT2D eigenvalue weighted by Crippen LogP contribution is -2.48. The van der Waals surface area contributed by atoms with Gasteiger partial charge in [-0.3, -0.25) is 0 Å². The average molecular weight is 349 g/mol. The van der Waals surface area contributed by atoms with Gasteiger partial charge in [-0.25, -0.2) is 23.0 Å². The molecule has 1 heterocycles. The number of aliphatic carboxylic acids is 1. The van der Waals surface area contributed by atoms with Gasteiger partial charge in [-0.05, 0) is 5.92 Å². The Morgan fingerprint density at radius 2 is 2.05 bits per heavy atom. The molecule has 0 aliphatic carbocycles. The Morgan fingerprint density at radius 1 is 1.45 bits per heavy atom. The van der Waals surface area contributed by atoms with Gasteiger partial charge >= 0.3 is 12.0 Å². The molecular formula is C12H19N3O5S2. The maximum absolute atomic E-state index is 12.0. The molecule has 1 aromatic rings. The van der Waals surface area contributed by atoms with Crippen LogP contribution in [0.2, 0.25) is 0 Å². The number of nitrogens with zero attached hydrogens (tertiary/aromatic N) is 2. The Bertz CT molecular complexity index is 653. The number of nitrogens with one attached hydrogen (secondary N) is 1. The molecule has 10 heteroatoms. The minimum absolute atomic E-state index is 0.0121. The molecule has 1 atom stereocenters. The zero-order chi connectivity index (χ0) is 17.1. The molecular weight excluding hydrogens is 330 g/mol. The SMILES string of the molecule is CC(C)[C@H](NC(=O)N(C)Cc1csc(S(C)(=O)=O)n1)C(=O)O. The minimum Gasteiger partial charge on any atom is -0.480 e. The Balaban J connectivity index is 2.72. The fourth-order valence-corrected chi connectivity index (χ4v) is 3.26. The molecule has 0 radical (unpaired) electrons. The number of thiazole rings is 1. The first-order valence-corrected chi connectivity index (χ1v) is 9.18. The minimum atomic E-state index is -3.37. The van der Waals surface area contributed by atoms with Crippen LogP contribution in [0.1, 0.15) is 19.5 Å². The highest BCUT2D eigenvalue weighted by atomic mass is 32.2. The lowest BCUT2D eigenvalue weighted by atomic mass is 10.1. The topological polar surface area (TPSA) is 117 Å². The van der Waals surface area contributed by atoms with E-state index in [1.807, 2.05) is 0 Å². The normalized spacial score (nSPS) is 13.0. The van der Waals surface area contributed by atoms with Crippen molar-refractivity contribution in [3.63, 3.8) is 0 Å². The molecule has 0 unspecified atom stereocenters. The molecule has 0 bridgehead atoms. The van der Waals surface area contributed by atoms with Crippen LogP contribution in [-0.4, -0.2) is 54.8 Å². The molecule has 124 valence electrons. The second-order valence-electron chi connectivity index (χ2n) is 5.24. The first-order chi connectivity index (χ1) is 10.0. The summed E-state index contributed by atoms with van der Waals surface area (Å²) in [6.45, 7) is 3.47. The van der Waals surface area contributed by atoms with E-state index in [1.54, 1.807) is 19.2 Å². The predicted molar refractivity (Wildman–Crippen MR) is 81.5 cm³/mol. The van der Waals surface area contributed by atoms with Crippen molar-refractivity contribution in [2.24, 2.45) is 5.92 Å². The van der Waals surface area contributed by atoms with E-state index in [0.29, 0.717) is 5.69 Å². The molecule has 2 N–H and O–H groups in total. The van der Waals surface area contributed by atoms with Gasteiger partial charge in [0.2, 0.25) is 14.2 Å². The number of carboxylic acid groups (broad SMARTS) is 1. The molecule has 2 amide bonds. The van der Waals surface area contributed by atoms with Crippen molar-refractivity contribution in [2.75, 3.05) is 13.3 Å². The van der Waals surface area contributed by atoms with E-state index in [4.69, 9.17) is 5.11 Å². The van der Waals surface area contributed by atoms with Crippen LogP contribution in [0.5, 0.6) is 0 Å². The molecule has 0 fully saturated rings. The Morgan fingerprint density at radius 3 is 2.45 bits per heavy atom. The van der Waals surface area contributed by atoms with E-state index in [0.717, 1.165) is 17.6 Å². The Hall–Kier alpha value is -1.68. The van der Waals surface area contributed by atoms with Gasteiger partial charge in [0.1, 0.15) is 6.04 Å². The number of carbonyl (C=O) groups excluding carboxylic acids is 1. The van der Waals surface area contributed by atoms with Crippen molar-refractivity contribution in [2.45, 2.75) is 30.8 Å². The lowest BCUT2D eigenvalue weighted by molar-refractivity contribution is -0.140. The number of sulfone groups is 1. The largest absolute Gasteiger partial charge is 0.480 e. The molecule has 1 aromatic heterocycles. The zero-order valence-electron chi connectivity index (χ0n) is 12.7. The molecule has 0 spiro atoms. The number of hydrogen-bond acceptors (Lipinski definition) is 6. The van der Waals surface area contributed by atoms with Crippen LogP contribution in [0.15, 0.2) is 9.72 Å². The van der Waals surface area contributed by atoms with Crippen molar-refractivity contribution in [1.29, 1.82) is 0 Å². The average Bonchev–Trinajstić information content (AvgIpc) is 2.82. The van der Waals surface area contributed by atoms with Gasteiger partial charge in [0, 0.05) is 18.7 Å². The van der Waals surface area contributed by atoms with Gasteiger partial charge in [0.25, 0.3) is 0 Å². The van der Waals surface area contributed by atoms with Crippen molar-refractivity contribution in [3.8, 4) is 0 Å². The summed E-state index contributed by atoms with van der Waals surface area (Å²) in [4.78, 5) is 28.2. The summed E-state index contributed by atoms with van der Waals surface area (Å²) in [6.07, 6.45) is 1.06. The maximum atomic E-state index is 12.0. The van der Waals surface area contributed by atoms with Gasteiger partial charge in [0.05, 0.1) is 12.2 Å². The van der Waals surface area contributed by atoms with Crippen molar-refractivity contribution >= 4 is 33.2 Å². The molecule has 8 nitrogen and oxygen atoms in total. The summed E-state index contributed by atoms with van der Waals surface area (Å²) in [5.74, 6) is -1.37. The predicted octanol–water partition coefficient (Wildman–Crippen LogP) is 0.797. The Labute approximate surface area is 133 Å².